The number of hydrogen-bond acceptors (Lipinski definition) is 10. The largest absolute Gasteiger partial charge is 0.475 e. The molecule has 12 nitrogen and oxygen atoms in total. The molecule has 4 aromatic rings. The minimum atomic E-state index is -4.23. The molecule has 1 unspecified atom stereocenters. The van der Waals surface area contributed by atoms with Crippen molar-refractivity contribution in [3.8, 4) is 17.1 Å². The van der Waals surface area contributed by atoms with Crippen molar-refractivity contribution in [2.75, 3.05) is 29.3 Å². The Morgan fingerprint density at radius 1 is 1.06 bits per heavy atom. The first-order valence-electron chi connectivity index (χ1n) is 18.6. The summed E-state index contributed by atoms with van der Waals surface area (Å²) in [5, 5.41) is 0. The minimum absolute atomic E-state index is 0.00240. The normalized spacial score (nSPS) is 18.4. The van der Waals surface area contributed by atoms with Crippen LogP contribution in [0.4, 0.5) is 11.6 Å². The van der Waals surface area contributed by atoms with Crippen molar-refractivity contribution >= 4 is 27.6 Å². The third kappa shape index (κ3) is 9.01. The van der Waals surface area contributed by atoms with Gasteiger partial charge in [0.1, 0.15) is 12.4 Å². The molecule has 1 saturated heterocycles. The van der Waals surface area contributed by atoms with Gasteiger partial charge in [-0.15, -0.1) is 0 Å². The molecule has 1 N–H and O–H groups in total. The summed E-state index contributed by atoms with van der Waals surface area (Å²) in [5.74, 6) is 0.184. The third-order valence-corrected chi connectivity index (χ3v) is 11.2. The number of benzene rings is 2. The fourth-order valence-electron chi connectivity index (χ4n) is 7.10. The summed E-state index contributed by atoms with van der Waals surface area (Å²) in [6.07, 6.45) is 5.30. The van der Waals surface area contributed by atoms with Gasteiger partial charge >= 0.3 is 0 Å². The predicted molar refractivity (Wildman–Crippen MR) is 210 cm³/mol. The van der Waals surface area contributed by atoms with Gasteiger partial charge in [-0.25, -0.2) is 28.1 Å². The number of rotatable bonds is 8. The summed E-state index contributed by atoms with van der Waals surface area (Å²) >= 11 is 0. The highest BCUT2D eigenvalue weighted by Crippen LogP contribution is 2.36. The molecule has 0 spiro atoms. The summed E-state index contributed by atoms with van der Waals surface area (Å²) < 4.78 is 43.0. The zero-order chi connectivity index (χ0) is 39.0. The zero-order valence-electron chi connectivity index (χ0n) is 32.9. The molecule has 2 aromatic carbocycles. The highest BCUT2D eigenvalue weighted by Gasteiger charge is 2.33. The molecular weight excluding hydrogens is 703 g/mol. The number of sulfonamides is 1. The second kappa shape index (κ2) is 15.3. The third-order valence-electron chi connectivity index (χ3n) is 9.89. The maximum absolute atomic E-state index is 14.6. The first-order valence-corrected chi connectivity index (χ1v) is 20.1. The van der Waals surface area contributed by atoms with Crippen molar-refractivity contribution < 1.29 is 22.7 Å². The van der Waals surface area contributed by atoms with Gasteiger partial charge in [-0.3, -0.25) is 4.79 Å². The number of ether oxygens (including phenoxy) is 2. The molecular formula is C41H53N7O5S. The molecule has 1 fully saturated rings. The smallest absolute Gasteiger partial charge is 0.264 e. The van der Waals surface area contributed by atoms with Crippen molar-refractivity contribution in [1.29, 1.82) is 0 Å². The number of carbonyl (C=O) groups is 1. The van der Waals surface area contributed by atoms with Crippen LogP contribution in [0.5, 0.6) is 5.88 Å². The van der Waals surface area contributed by atoms with E-state index in [4.69, 9.17) is 24.4 Å². The molecule has 54 heavy (non-hydrogen) atoms. The lowest BCUT2D eigenvalue weighted by Gasteiger charge is -2.35. The highest BCUT2D eigenvalue weighted by molar-refractivity contribution is 7.92. The monoisotopic (exact) mass is 755 g/mol. The zero-order valence-corrected chi connectivity index (χ0v) is 33.7. The molecule has 4 heterocycles. The van der Waals surface area contributed by atoms with Crippen LogP contribution in [0.25, 0.3) is 11.3 Å². The Kier molecular flexibility index (Phi) is 11.0. The van der Waals surface area contributed by atoms with Crippen LogP contribution in [0.2, 0.25) is 0 Å². The molecule has 1 atom stereocenters. The van der Waals surface area contributed by atoms with Gasteiger partial charge in [0.15, 0.2) is 0 Å². The Balaban J connectivity index is 1.45. The molecule has 1 amide bonds. The lowest BCUT2D eigenvalue weighted by molar-refractivity contribution is 0.0504. The second-order valence-corrected chi connectivity index (χ2v) is 18.5. The molecule has 13 heteroatoms. The van der Waals surface area contributed by atoms with E-state index in [1.807, 2.05) is 58.3 Å². The Morgan fingerprint density at radius 3 is 2.44 bits per heavy atom. The van der Waals surface area contributed by atoms with E-state index in [2.05, 4.69) is 49.2 Å². The summed E-state index contributed by atoms with van der Waals surface area (Å²) in [5.41, 5.74) is 4.97. The maximum Gasteiger partial charge on any atom is 0.264 e. The maximum atomic E-state index is 14.6. The summed E-state index contributed by atoms with van der Waals surface area (Å²) in [6, 6.07) is 11.5. The van der Waals surface area contributed by atoms with Crippen molar-refractivity contribution in [2.45, 2.75) is 105 Å². The number of aromatic nitrogens is 4. The number of amides is 1. The number of nitrogens with one attached hydrogen (secondary N) is 1. The van der Waals surface area contributed by atoms with Gasteiger partial charge in [0.25, 0.3) is 15.9 Å². The number of hydrogen-bond donors (Lipinski definition) is 1. The van der Waals surface area contributed by atoms with E-state index in [0.717, 1.165) is 41.9 Å². The second-order valence-electron chi connectivity index (χ2n) is 16.8. The van der Waals surface area contributed by atoms with Gasteiger partial charge in [-0.1, -0.05) is 58.9 Å². The molecule has 0 aliphatic carbocycles. The van der Waals surface area contributed by atoms with Gasteiger partial charge in [0.05, 0.1) is 54.0 Å². The molecule has 2 aliphatic heterocycles. The topological polar surface area (TPSA) is 140 Å². The molecule has 0 saturated carbocycles. The molecule has 0 radical (unpaired) electrons. The van der Waals surface area contributed by atoms with Crippen LogP contribution >= 0.6 is 0 Å². The molecule has 2 aliphatic rings. The van der Waals surface area contributed by atoms with Crippen molar-refractivity contribution in [3.63, 3.8) is 0 Å². The minimum Gasteiger partial charge on any atom is -0.475 e. The fourth-order valence-corrected chi connectivity index (χ4v) is 8.09. The Bertz CT molecular complexity index is 2110. The summed E-state index contributed by atoms with van der Waals surface area (Å²) in [4.78, 5) is 37.4. The van der Waals surface area contributed by atoms with Crippen LogP contribution in [0.1, 0.15) is 94.2 Å². The van der Waals surface area contributed by atoms with Crippen molar-refractivity contribution in [1.82, 2.24) is 24.8 Å². The number of carbonyl (C=O) groups excluding carboxylic acids is 1. The molecule has 288 valence electrons. The average Bonchev–Trinajstić information content (AvgIpc) is 3.47. The molecule has 4 bridgehead atoms. The van der Waals surface area contributed by atoms with E-state index >= 15 is 0 Å². The van der Waals surface area contributed by atoms with Crippen LogP contribution < -0.4 is 14.4 Å². The number of nitrogens with zero attached hydrogens (tertiary/aromatic N) is 6. The van der Waals surface area contributed by atoms with Gasteiger partial charge < -0.3 is 19.3 Å². The first kappa shape index (κ1) is 39.1. The molecule has 6 rings (SSSR count). The summed E-state index contributed by atoms with van der Waals surface area (Å²) in [6.45, 7) is 21.0. The van der Waals surface area contributed by atoms with E-state index in [1.165, 1.54) is 12.1 Å². The quantitative estimate of drug-likeness (QED) is 0.194. The van der Waals surface area contributed by atoms with Gasteiger partial charge in [-0.2, -0.15) is 4.98 Å². The average molecular weight is 756 g/mol. The van der Waals surface area contributed by atoms with Crippen LogP contribution in [0, 0.1) is 24.7 Å². The number of fused-ring (bicyclic) bond motifs is 4. The first-order chi connectivity index (χ1) is 25.4. The SMILES string of the molecule is Cc1cccc(COC(C)C)c1-c1nc2nc(c1C)OCC(CC(C)(C)C)N(Cc1ncc(N3CCC(C)(C)C3)cn1)C(=O)c1cccc(c1)S(=O)(=O)N2. The van der Waals surface area contributed by atoms with E-state index in [9.17, 15) is 13.2 Å². The number of anilines is 2. The highest BCUT2D eigenvalue weighted by atomic mass is 32.2. The molecule has 2 aromatic heterocycles. The van der Waals surface area contributed by atoms with Crippen LogP contribution in [-0.2, 0) is 27.9 Å². The Labute approximate surface area is 319 Å². The van der Waals surface area contributed by atoms with Gasteiger partial charge in [0.2, 0.25) is 11.8 Å². The van der Waals surface area contributed by atoms with Crippen LogP contribution in [-0.4, -0.2) is 71.0 Å². The van der Waals surface area contributed by atoms with E-state index in [1.54, 1.807) is 17.0 Å². The van der Waals surface area contributed by atoms with Crippen LogP contribution in [0.3, 0.4) is 0 Å². The Hall–Kier alpha value is -4.62. The lowest BCUT2D eigenvalue weighted by atomic mass is 9.87. The number of aryl methyl sites for hydroxylation is 1. The van der Waals surface area contributed by atoms with Crippen LogP contribution in [0.15, 0.2) is 59.8 Å². The van der Waals surface area contributed by atoms with E-state index in [-0.39, 0.29) is 58.3 Å². The van der Waals surface area contributed by atoms with E-state index in [0.29, 0.717) is 30.1 Å². The summed E-state index contributed by atoms with van der Waals surface area (Å²) in [7, 11) is -4.23. The van der Waals surface area contributed by atoms with Gasteiger partial charge in [0, 0.05) is 29.8 Å². The van der Waals surface area contributed by atoms with E-state index < -0.39 is 16.1 Å². The predicted octanol–water partition coefficient (Wildman–Crippen LogP) is 7.35. The standard InChI is InChI=1S/C41H53N7O5S/c1-26(2)52-23-30-14-10-12-27(3)35(30)36-28(4)37-45-39(44-36)46-54(50,51)33-15-11-13-29(18-33)38(49)48(31(24-53-37)19-40(5,6)7)22-34-42-20-32(21-43-34)47-17-16-41(8,9)25-47/h10-15,18,20-21,26,31H,16-17,19,22-25H2,1-9H3,(H,44,45,46). The fraction of sp³-hybridized carbons (Fsp3) is 0.488. The Morgan fingerprint density at radius 2 is 1.78 bits per heavy atom. The van der Waals surface area contributed by atoms with Crippen molar-refractivity contribution in [3.05, 3.63) is 82.9 Å². The van der Waals surface area contributed by atoms with Gasteiger partial charge in [-0.05, 0) is 80.7 Å². The lowest BCUT2D eigenvalue weighted by Crippen LogP contribution is -2.45. The van der Waals surface area contributed by atoms with Crippen molar-refractivity contribution in [2.24, 2.45) is 10.8 Å².